The van der Waals surface area contributed by atoms with E-state index in [0.717, 1.165) is 17.7 Å². The Labute approximate surface area is 190 Å². The lowest BCUT2D eigenvalue weighted by molar-refractivity contribution is -0.128. The number of carbonyl (C=O) groups is 6. The fourth-order valence-corrected chi connectivity index (χ4v) is 3.55. The molecule has 3 rings (SSSR count). The molecule has 0 saturated heterocycles. The molecule has 1 aromatic rings. The van der Waals surface area contributed by atoms with Crippen molar-refractivity contribution in [1.82, 2.24) is 20.9 Å². The van der Waals surface area contributed by atoms with E-state index in [0.29, 0.717) is 13.0 Å². The summed E-state index contributed by atoms with van der Waals surface area (Å²) in [5.41, 5.74) is 0.0210. The Morgan fingerprint density at radius 2 is 1.88 bits per heavy atom. The number of hydrogen-bond donors (Lipinski definition) is 3. The largest absolute Gasteiger partial charge is 0.483 e. The van der Waals surface area contributed by atoms with Crippen molar-refractivity contribution in [3.63, 3.8) is 0 Å². The summed E-state index contributed by atoms with van der Waals surface area (Å²) in [6, 6.07) is 3.26. The van der Waals surface area contributed by atoms with Crippen molar-refractivity contribution >= 4 is 35.9 Å². The van der Waals surface area contributed by atoms with Crippen LogP contribution in [0.3, 0.4) is 0 Å². The number of rotatable bonds is 12. The molecule has 176 valence electrons. The third-order valence-corrected chi connectivity index (χ3v) is 5.34. The number of benzene rings is 1. The number of nitrogens with zero attached hydrogens (tertiary/aromatic N) is 1. The van der Waals surface area contributed by atoms with Crippen LogP contribution < -0.4 is 20.7 Å². The van der Waals surface area contributed by atoms with E-state index >= 15 is 0 Å². The molecule has 0 bridgehead atoms. The molecular formula is C22H26N4O7. The summed E-state index contributed by atoms with van der Waals surface area (Å²) in [5, 5.41) is 7.32. The second kappa shape index (κ2) is 10.7. The summed E-state index contributed by atoms with van der Waals surface area (Å²) in [5.74, 6) is -2.50. The summed E-state index contributed by atoms with van der Waals surface area (Å²) in [4.78, 5) is 73.3. The van der Waals surface area contributed by atoms with Crippen LogP contribution in [0.1, 0.15) is 53.3 Å². The average Bonchev–Trinajstić information content (AvgIpc) is 3.61. The number of imide groups is 2. The van der Waals surface area contributed by atoms with Gasteiger partial charge in [0.15, 0.2) is 6.61 Å². The molecule has 1 aliphatic heterocycles. The lowest BCUT2D eigenvalue weighted by Gasteiger charge is -2.24. The predicted octanol–water partition coefficient (Wildman–Crippen LogP) is -0.255. The molecule has 1 atom stereocenters. The van der Waals surface area contributed by atoms with Gasteiger partial charge in [-0.3, -0.25) is 39.0 Å². The third kappa shape index (κ3) is 5.54. The zero-order valence-corrected chi connectivity index (χ0v) is 18.2. The summed E-state index contributed by atoms with van der Waals surface area (Å²) in [6.45, 7) is 1.90. The highest BCUT2D eigenvalue weighted by molar-refractivity contribution is 6.24. The van der Waals surface area contributed by atoms with Crippen molar-refractivity contribution in [2.75, 3.05) is 19.7 Å². The van der Waals surface area contributed by atoms with E-state index in [1.165, 1.54) is 18.2 Å². The van der Waals surface area contributed by atoms with E-state index < -0.39 is 36.3 Å². The second-order valence-electron chi connectivity index (χ2n) is 7.79. The molecule has 1 saturated carbocycles. The van der Waals surface area contributed by atoms with Gasteiger partial charge in [0, 0.05) is 19.0 Å². The van der Waals surface area contributed by atoms with Crippen LogP contribution in [0.25, 0.3) is 0 Å². The molecule has 0 aromatic heterocycles. The first-order chi connectivity index (χ1) is 15.9. The molecule has 11 nitrogen and oxygen atoms in total. The number of amides is 6. The van der Waals surface area contributed by atoms with Gasteiger partial charge in [-0.2, -0.15) is 0 Å². The quantitative estimate of drug-likeness (QED) is 0.222. The molecule has 3 N–H and O–H groups in total. The zero-order chi connectivity index (χ0) is 24.0. The monoisotopic (exact) mass is 458 g/mol. The smallest absolute Gasteiger partial charge is 0.266 e. The molecule has 2 aliphatic rings. The molecular weight excluding hydrogens is 432 g/mol. The highest BCUT2D eigenvalue weighted by Gasteiger charge is 2.44. The molecule has 1 heterocycles. The molecule has 0 radical (unpaired) electrons. The molecule has 33 heavy (non-hydrogen) atoms. The Morgan fingerprint density at radius 1 is 1.15 bits per heavy atom. The van der Waals surface area contributed by atoms with E-state index in [-0.39, 0.29) is 48.1 Å². The first-order valence-corrected chi connectivity index (χ1v) is 10.8. The zero-order valence-electron chi connectivity index (χ0n) is 18.2. The standard InChI is InChI=1S/C22H26N4O7/c1-2-4-15(20(30)25-12-27)26-21(31)14-5-3-6-16(18(14)22(26)32)33-11-17(28)23-9-10-24-19(29)13-7-8-13/h3,5-6,12-13,15H,2,4,7-11H2,1H3,(H,23,28)(H,24,29)(H,25,27,30). The minimum Gasteiger partial charge on any atom is -0.483 e. The van der Waals surface area contributed by atoms with Crippen LogP contribution in [0.15, 0.2) is 18.2 Å². The molecule has 1 fully saturated rings. The second-order valence-corrected chi connectivity index (χ2v) is 7.79. The maximum atomic E-state index is 13.0. The van der Waals surface area contributed by atoms with Gasteiger partial charge in [0.1, 0.15) is 11.8 Å². The average molecular weight is 458 g/mol. The van der Waals surface area contributed by atoms with Crippen LogP contribution >= 0.6 is 0 Å². The van der Waals surface area contributed by atoms with Crippen LogP contribution in [0.5, 0.6) is 5.75 Å². The Balaban J connectivity index is 1.62. The minimum absolute atomic E-state index is 0.0173. The maximum absolute atomic E-state index is 13.0. The SMILES string of the molecule is CCCC(C(=O)NC=O)N1C(=O)c2cccc(OCC(=O)NCCNC(=O)C3CC3)c2C1=O. The van der Waals surface area contributed by atoms with E-state index in [2.05, 4.69) is 10.6 Å². The van der Waals surface area contributed by atoms with Crippen molar-refractivity contribution in [2.45, 2.75) is 38.6 Å². The Hall–Kier alpha value is -3.76. The first kappa shape index (κ1) is 23.9. The van der Waals surface area contributed by atoms with Gasteiger partial charge in [-0.05, 0) is 31.4 Å². The number of hydrogen-bond acceptors (Lipinski definition) is 7. The summed E-state index contributed by atoms with van der Waals surface area (Å²) < 4.78 is 5.50. The van der Waals surface area contributed by atoms with Gasteiger partial charge < -0.3 is 15.4 Å². The fourth-order valence-electron chi connectivity index (χ4n) is 3.55. The fraction of sp³-hybridized carbons (Fsp3) is 0.455. The molecule has 1 aromatic carbocycles. The predicted molar refractivity (Wildman–Crippen MR) is 114 cm³/mol. The van der Waals surface area contributed by atoms with Gasteiger partial charge in [-0.15, -0.1) is 0 Å². The van der Waals surface area contributed by atoms with Crippen molar-refractivity contribution < 1.29 is 33.5 Å². The highest BCUT2D eigenvalue weighted by Crippen LogP contribution is 2.33. The molecule has 1 aliphatic carbocycles. The summed E-state index contributed by atoms with van der Waals surface area (Å²) in [7, 11) is 0. The van der Waals surface area contributed by atoms with Crippen molar-refractivity contribution in [3.05, 3.63) is 29.3 Å². The van der Waals surface area contributed by atoms with Crippen molar-refractivity contribution in [1.29, 1.82) is 0 Å². The lowest BCUT2D eigenvalue weighted by Crippen LogP contribution is -2.49. The Kier molecular flexibility index (Phi) is 7.75. The molecule has 1 unspecified atom stereocenters. The summed E-state index contributed by atoms with van der Waals surface area (Å²) in [6.07, 6.45) is 2.67. The van der Waals surface area contributed by atoms with Gasteiger partial charge in [0.05, 0.1) is 11.1 Å². The Bertz CT molecular complexity index is 973. The summed E-state index contributed by atoms with van der Waals surface area (Å²) >= 11 is 0. The topological polar surface area (TPSA) is 151 Å². The number of nitrogens with one attached hydrogen (secondary N) is 3. The van der Waals surface area contributed by atoms with Gasteiger partial charge in [0.2, 0.25) is 18.2 Å². The Morgan fingerprint density at radius 3 is 2.55 bits per heavy atom. The third-order valence-electron chi connectivity index (χ3n) is 5.34. The van der Waals surface area contributed by atoms with Gasteiger partial charge in [-0.25, -0.2) is 0 Å². The molecule has 0 spiro atoms. The minimum atomic E-state index is -1.14. The van der Waals surface area contributed by atoms with Crippen LogP contribution in [0, 0.1) is 5.92 Å². The van der Waals surface area contributed by atoms with Gasteiger partial charge in [-0.1, -0.05) is 19.4 Å². The van der Waals surface area contributed by atoms with Crippen LogP contribution in [-0.4, -0.2) is 66.6 Å². The van der Waals surface area contributed by atoms with E-state index in [1.54, 1.807) is 6.92 Å². The van der Waals surface area contributed by atoms with Crippen LogP contribution in [-0.2, 0) is 19.2 Å². The van der Waals surface area contributed by atoms with E-state index in [9.17, 15) is 28.8 Å². The van der Waals surface area contributed by atoms with Crippen LogP contribution in [0.2, 0.25) is 0 Å². The van der Waals surface area contributed by atoms with Gasteiger partial charge >= 0.3 is 0 Å². The molecule has 11 heteroatoms. The molecule has 6 amide bonds. The van der Waals surface area contributed by atoms with Crippen molar-refractivity contribution in [2.24, 2.45) is 5.92 Å². The van der Waals surface area contributed by atoms with Crippen molar-refractivity contribution in [3.8, 4) is 5.75 Å². The van der Waals surface area contributed by atoms with Crippen LogP contribution in [0.4, 0.5) is 0 Å². The maximum Gasteiger partial charge on any atom is 0.266 e. The normalized spacial score (nSPS) is 15.5. The van der Waals surface area contributed by atoms with Gasteiger partial charge in [0.25, 0.3) is 17.7 Å². The number of carbonyl (C=O) groups excluding carboxylic acids is 6. The van der Waals surface area contributed by atoms with E-state index in [4.69, 9.17) is 4.74 Å². The first-order valence-electron chi connectivity index (χ1n) is 10.8. The lowest BCUT2D eigenvalue weighted by atomic mass is 10.1. The number of ether oxygens (including phenoxy) is 1. The number of fused-ring (bicyclic) bond motifs is 1. The highest BCUT2D eigenvalue weighted by atomic mass is 16.5. The van der Waals surface area contributed by atoms with E-state index in [1.807, 2.05) is 5.32 Å².